The van der Waals surface area contributed by atoms with Gasteiger partial charge in [-0.05, 0) is 6.07 Å². The zero-order chi connectivity index (χ0) is 9.42. The summed E-state index contributed by atoms with van der Waals surface area (Å²) in [6.07, 6.45) is 0. The van der Waals surface area contributed by atoms with E-state index in [1.54, 1.807) is 0 Å². The van der Waals surface area contributed by atoms with Gasteiger partial charge in [0.1, 0.15) is 0 Å². The van der Waals surface area contributed by atoms with Gasteiger partial charge in [-0.3, -0.25) is 0 Å². The maximum atomic E-state index is 5.78. The van der Waals surface area contributed by atoms with E-state index in [1.165, 1.54) is 0 Å². The minimum Gasteiger partial charge on any atom is -0.396 e. The predicted octanol–water partition coefficient (Wildman–Crippen LogP) is 2.47. The first kappa shape index (κ1) is 10.9. The summed E-state index contributed by atoms with van der Waals surface area (Å²) in [6.45, 7) is 0. The fourth-order valence-corrected chi connectivity index (χ4v) is 1.41. The lowest BCUT2D eigenvalue weighted by atomic mass is 10.2. The Morgan fingerprint density at radius 1 is 1.07 bits per heavy atom. The van der Waals surface area contributed by atoms with Gasteiger partial charge in [-0.25, -0.2) is 4.98 Å². The Labute approximate surface area is 92.5 Å². The summed E-state index contributed by atoms with van der Waals surface area (Å²) in [5.74, 6) is 0. The Balaban J connectivity index is 0.000000980. The first-order chi connectivity index (χ1) is 6.20. The molecular formula is C9H9Cl2N3. The Bertz CT molecular complexity index is 471. The van der Waals surface area contributed by atoms with E-state index in [1.807, 2.05) is 24.3 Å². The molecule has 4 N–H and O–H groups in total. The zero-order valence-corrected chi connectivity index (χ0v) is 8.77. The third-order valence-electron chi connectivity index (χ3n) is 1.93. The van der Waals surface area contributed by atoms with Crippen molar-refractivity contribution in [2.45, 2.75) is 0 Å². The van der Waals surface area contributed by atoms with E-state index in [4.69, 9.17) is 23.1 Å². The van der Waals surface area contributed by atoms with E-state index in [2.05, 4.69) is 4.98 Å². The summed E-state index contributed by atoms with van der Waals surface area (Å²) in [4.78, 5) is 4.10. The van der Waals surface area contributed by atoms with E-state index in [0.29, 0.717) is 11.4 Å². The summed E-state index contributed by atoms with van der Waals surface area (Å²) in [5, 5.41) is 1.10. The molecule has 0 aliphatic carbocycles. The first-order valence-electron chi connectivity index (χ1n) is 3.79. The molecule has 0 aliphatic rings. The second-order valence-electron chi connectivity index (χ2n) is 2.75. The normalized spacial score (nSPS) is 9.79. The summed E-state index contributed by atoms with van der Waals surface area (Å²) in [7, 11) is 0. The highest BCUT2D eigenvalue weighted by molar-refractivity contribution is 6.33. The summed E-state index contributed by atoms with van der Waals surface area (Å²) < 4.78 is 0. The number of pyridine rings is 1. The van der Waals surface area contributed by atoms with Crippen molar-refractivity contribution in [3.05, 3.63) is 29.4 Å². The number of anilines is 2. The van der Waals surface area contributed by atoms with Crippen molar-refractivity contribution in [1.82, 2.24) is 4.98 Å². The molecule has 0 saturated heterocycles. The molecule has 3 nitrogen and oxygen atoms in total. The minimum atomic E-state index is 0. The minimum absolute atomic E-state index is 0. The molecule has 0 atom stereocenters. The van der Waals surface area contributed by atoms with E-state index < -0.39 is 0 Å². The Kier molecular flexibility index (Phi) is 3.03. The van der Waals surface area contributed by atoms with Gasteiger partial charge in [-0.2, -0.15) is 0 Å². The van der Waals surface area contributed by atoms with Gasteiger partial charge in [0.15, 0.2) is 5.15 Å². The number of para-hydroxylation sites is 1. The summed E-state index contributed by atoms with van der Waals surface area (Å²) in [5.41, 5.74) is 13.0. The molecule has 2 rings (SSSR count). The van der Waals surface area contributed by atoms with Crippen LogP contribution in [0.1, 0.15) is 0 Å². The van der Waals surface area contributed by atoms with Crippen molar-refractivity contribution in [3.8, 4) is 0 Å². The number of nitrogen functional groups attached to an aromatic ring is 2. The van der Waals surface area contributed by atoms with Gasteiger partial charge in [-0.15, -0.1) is 12.4 Å². The quantitative estimate of drug-likeness (QED) is 0.683. The van der Waals surface area contributed by atoms with Gasteiger partial charge in [0.25, 0.3) is 0 Å². The standard InChI is InChI=1S/C9H8ClN3.ClH/c10-9-8(12)7(11)5-3-1-2-4-6(5)13-9;/h1-4H,12H2,(H2,11,13);1H. The van der Waals surface area contributed by atoms with Gasteiger partial charge in [-0.1, -0.05) is 29.8 Å². The van der Waals surface area contributed by atoms with Crippen LogP contribution in [0.25, 0.3) is 10.9 Å². The molecule has 0 saturated carbocycles. The van der Waals surface area contributed by atoms with Crippen molar-refractivity contribution in [2.75, 3.05) is 11.5 Å². The van der Waals surface area contributed by atoms with Crippen LogP contribution in [0.2, 0.25) is 5.15 Å². The van der Waals surface area contributed by atoms with Crippen LogP contribution in [0, 0.1) is 0 Å². The number of benzene rings is 1. The van der Waals surface area contributed by atoms with Crippen molar-refractivity contribution in [1.29, 1.82) is 0 Å². The molecule has 14 heavy (non-hydrogen) atoms. The molecule has 5 heteroatoms. The van der Waals surface area contributed by atoms with Gasteiger partial charge in [0.2, 0.25) is 0 Å². The molecule has 0 spiro atoms. The molecule has 0 bridgehead atoms. The number of nitrogens with zero attached hydrogens (tertiary/aromatic N) is 1. The highest BCUT2D eigenvalue weighted by Crippen LogP contribution is 2.30. The molecular weight excluding hydrogens is 221 g/mol. The molecule has 1 aromatic carbocycles. The average Bonchev–Trinajstić information content (AvgIpc) is 2.15. The highest BCUT2D eigenvalue weighted by atomic mass is 35.5. The molecule has 0 unspecified atom stereocenters. The lowest BCUT2D eigenvalue weighted by Gasteiger charge is -2.05. The van der Waals surface area contributed by atoms with E-state index in [9.17, 15) is 0 Å². The van der Waals surface area contributed by atoms with Gasteiger partial charge < -0.3 is 11.5 Å². The average molecular weight is 230 g/mol. The van der Waals surface area contributed by atoms with Crippen LogP contribution in [-0.4, -0.2) is 4.98 Å². The van der Waals surface area contributed by atoms with Gasteiger partial charge in [0.05, 0.1) is 16.9 Å². The second-order valence-corrected chi connectivity index (χ2v) is 3.11. The summed E-state index contributed by atoms with van der Waals surface area (Å²) >= 11 is 5.78. The third kappa shape index (κ3) is 1.56. The Morgan fingerprint density at radius 2 is 1.71 bits per heavy atom. The van der Waals surface area contributed by atoms with E-state index in [0.717, 1.165) is 10.9 Å². The van der Waals surface area contributed by atoms with Crippen LogP contribution in [0.3, 0.4) is 0 Å². The Morgan fingerprint density at radius 3 is 2.43 bits per heavy atom. The fraction of sp³-hybridized carbons (Fsp3) is 0. The number of rotatable bonds is 0. The van der Waals surface area contributed by atoms with Crippen molar-refractivity contribution >= 4 is 46.3 Å². The monoisotopic (exact) mass is 229 g/mol. The zero-order valence-electron chi connectivity index (χ0n) is 7.20. The van der Waals surface area contributed by atoms with Gasteiger partial charge in [0, 0.05) is 5.39 Å². The van der Waals surface area contributed by atoms with Crippen molar-refractivity contribution < 1.29 is 0 Å². The smallest absolute Gasteiger partial charge is 0.154 e. The fourth-order valence-electron chi connectivity index (χ4n) is 1.22. The third-order valence-corrected chi connectivity index (χ3v) is 2.21. The lowest BCUT2D eigenvalue weighted by molar-refractivity contribution is 1.41. The molecule has 1 aromatic heterocycles. The first-order valence-corrected chi connectivity index (χ1v) is 4.17. The molecule has 0 radical (unpaired) electrons. The van der Waals surface area contributed by atoms with Crippen molar-refractivity contribution in [2.24, 2.45) is 0 Å². The van der Waals surface area contributed by atoms with E-state index >= 15 is 0 Å². The number of hydrogen-bond donors (Lipinski definition) is 2. The molecule has 0 fully saturated rings. The number of hydrogen-bond acceptors (Lipinski definition) is 3. The van der Waals surface area contributed by atoms with Crippen LogP contribution in [0.15, 0.2) is 24.3 Å². The maximum absolute atomic E-state index is 5.78. The number of aromatic nitrogens is 1. The van der Waals surface area contributed by atoms with Crippen LogP contribution < -0.4 is 11.5 Å². The molecule has 74 valence electrons. The van der Waals surface area contributed by atoms with Crippen LogP contribution in [-0.2, 0) is 0 Å². The predicted molar refractivity (Wildman–Crippen MR) is 62.8 cm³/mol. The largest absolute Gasteiger partial charge is 0.396 e. The molecule has 0 aliphatic heterocycles. The highest BCUT2D eigenvalue weighted by Gasteiger charge is 2.06. The second kappa shape index (κ2) is 3.90. The number of fused-ring (bicyclic) bond motifs is 1. The summed E-state index contributed by atoms with van der Waals surface area (Å²) in [6, 6.07) is 7.47. The van der Waals surface area contributed by atoms with Crippen LogP contribution in [0.5, 0.6) is 0 Å². The Hall–Kier alpha value is -1.19. The number of halogens is 2. The SMILES string of the molecule is Cl.Nc1c(Cl)nc2ccccc2c1N. The van der Waals surface area contributed by atoms with Gasteiger partial charge >= 0.3 is 0 Å². The van der Waals surface area contributed by atoms with Crippen LogP contribution in [0.4, 0.5) is 11.4 Å². The van der Waals surface area contributed by atoms with Crippen molar-refractivity contribution in [3.63, 3.8) is 0 Å². The molecule has 1 heterocycles. The van der Waals surface area contributed by atoms with E-state index in [-0.39, 0.29) is 17.6 Å². The topological polar surface area (TPSA) is 64.9 Å². The van der Waals surface area contributed by atoms with Crippen LogP contribution >= 0.6 is 24.0 Å². The maximum Gasteiger partial charge on any atom is 0.154 e. The molecule has 0 amide bonds. The number of nitrogens with two attached hydrogens (primary N) is 2. The lowest BCUT2D eigenvalue weighted by Crippen LogP contribution is -1.98. The molecule has 2 aromatic rings.